The lowest BCUT2D eigenvalue weighted by atomic mass is 10.1. The molecule has 0 N–H and O–H groups in total. The van der Waals surface area contributed by atoms with Crippen molar-refractivity contribution < 1.29 is 4.79 Å². The lowest BCUT2D eigenvalue weighted by Gasteiger charge is -2.16. The van der Waals surface area contributed by atoms with Crippen LogP contribution in [-0.4, -0.2) is 27.4 Å². The first-order valence-corrected chi connectivity index (χ1v) is 8.35. The SMILES string of the molecule is CC(=O)N(C)Cc1nc2ccccc2n1CCCc1ccccc1. The van der Waals surface area contributed by atoms with Gasteiger partial charge in [0, 0.05) is 20.5 Å². The highest BCUT2D eigenvalue weighted by Crippen LogP contribution is 2.18. The first-order valence-electron chi connectivity index (χ1n) is 8.35. The lowest BCUT2D eigenvalue weighted by molar-refractivity contribution is -0.128. The fraction of sp³-hybridized carbons (Fsp3) is 0.300. The van der Waals surface area contributed by atoms with Gasteiger partial charge in [0.15, 0.2) is 0 Å². The van der Waals surface area contributed by atoms with Gasteiger partial charge in [-0.25, -0.2) is 4.98 Å². The summed E-state index contributed by atoms with van der Waals surface area (Å²) in [7, 11) is 1.82. The van der Waals surface area contributed by atoms with E-state index in [9.17, 15) is 4.79 Å². The Morgan fingerprint density at radius 2 is 1.79 bits per heavy atom. The van der Waals surface area contributed by atoms with Crippen LogP contribution in [0.2, 0.25) is 0 Å². The summed E-state index contributed by atoms with van der Waals surface area (Å²) >= 11 is 0. The third-order valence-electron chi connectivity index (χ3n) is 4.34. The Morgan fingerprint density at radius 1 is 1.08 bits per heavy atom. The summed E-state index contributed by atoms with van der Waals surface area (Å²) in [6.07, 6.45) is 2.08. The molecule has 4 heteroatoms. The first-order chi connectivity index (χ1) is 11.6. The minimum Gasteiger partial charge on any atom is -0.339 e. The number of para-hydroxylation sites is 2. The number of fused-ring (bicyclic) bond motifs is 1. The van der Waals surface area contributed by atoms with Gasteiger partial charge in [-0.2, -0.15) is 0 Å². The fourth-order valence-corrected chi connectivity index (χ4v) is 2.91. The number of hydrogen-bond acceptors (Lipinski definition) is 2. The number of aryl methyl sites for hydroxylation is 2. The number of aromatic nitrogens is 2. The molecular weight excluding hydrogens is 298 g/mol. The van der Waals surface area contributed by atoms with E-state index in [1.807, 2.05) is 31.3 Å². The Morgan fingerprint density at radius 3 is 2.54 bits per heavy atom. The molecule has 0 saturated carbocycles. The number of amides is 1. The van der Waals surface area contributed by atoms with Gasteiger partial charge in [0.1, 0.15) is 5.82 Å². The summed E-state index contributed by atoms with van der Waals surface area (Å²) in [5.41, 5.74) is 3.48. The van der Waals surface area contributed by atoms with Crippen LogP contribution in [0.5, 0.6) is 0 Å². The Hall–Kier alpha value is -2.62. The van der Waals surface area contributed by atoms with Gasteiger partial charge >= 0.3 is 0 Å². The van der Waals surface area contributed by atoms with E-state index in [-0.39, 0.29) is 5.91 Å². The van der Waals surface area contributed by atoms with Crippen molar-refractivity contribution in [1.29, 1.82) is 0 Å². The van der Waals surface area contributed by atoms with Gasteiger partial charge in [0.25, 0.3) is 0 Å². The highest BCUT2D eigenvalue weighted by atomic mass is 16.2. The molecule has 0 fully saturated rings. The fourth-order valence-electron chi connectivity index (χ4n) is 2.91. The van der Waals surface area contributed by atoms with E-state index >= 15 is 0 Å². The number of benzene rings is 2. The van der Waals surface area contributed by atoms with E-state index in [0.717, 1.165) is 36.2 Å². The molecule has 1 aromatic heterocycles. The van der Waals surface area contributed by atoms with Crippen LogP contribution in [0, 0.1) is 0 Å². The maximum atomic E-state index is 11.6. The third kappa shape index (κ3) is 3.65. The summed E-state index contributed by atoms with van der Waals surface area (Å²) in [5.74, 6) is 1.000. The van der Waals surface area contributed by atoms with Crippen molar-refractivity contribution >= 4 is 16.9 Å². The predicted molar refractivity (Wildman–Crippen MR) is 96.6 cm³/mol. The van der Waals surface area contributed by atoms with Crippen LogP contribution in [0.1, 0.15) is 24.7 Å². The Kier molecular flexibility index (Phi) is 4.94. The van der Waals surface area contributed by atoms with Crippen molar-refractivity contribution in [2.75, 3.05) is 7.05 Å². The van der Waals surface area contributed by atoms with Crippen LogP contribution >= 0.6 is 0 Å². The van der Waals surface area contributed by atoms with Gasteiger partial charge < -0.3 is 9.47 Å². The molecule has 0 bridgehead atoms. The largest absolute Gasteiger partial charge is 0.339 e. The molecule has 124 valence electrons. The normalized spacial score (nSPS) is 10.9. The van der Waals surface area contributed by atoms with Crippen LogP contribution < -0.4 is 0 Å². The van der Waals surface area contributed by atoms with Crippen molar-refractivity contribution in [3.8, 4) is 0 Å². The standard InChI is InChI=1S/C20H23N3O/c1-16(24)22(2)15-20-21-18-12-6-7-13-19(18)23(20)14-8-11-17-9-4-3-5-10-17/h3-7,9-10,12-13H,8,11,14-15H2,1-2H3. The highest BCUT2D eigenvalue weighted by molar-refractivity contribution is 5.76. The van der Waals surface area contributed by atoms with Crippen molar-refractivity contribution in [2.45, 2.75) is 32.9 Å². The molecule has 24 heavy (non-hydrogen) atoms. The second-order valence-corrected chi connectivity index (χ2v) is 6.13. The molecule has 4 nitrogen and oxygen atoms in total. The van der Waals surface area contributed by atoms with E-state index in [4.69, 9.17) is 4.98 Å². The average Bonchev–Trinajstić information content (AvgIpc) is 2.93. The van der Waals surface area contributed by atoms with E-state index in [0.29, 0.717) is 6.54 Å². The molecule has 3 rings (SSSR count). The third-order valence-corrected chi connectivity index (χ3v) is 4.34. The number of hydrogen-bond donors (Lipinski definition) is 0. The van der Waals surface area contributed by atoms with Crippen LogP contribution in [0.4, 0.5) is 0 Å². The van der Waals surface area contributed by atoms with E-state index < -0.39 is 0 Å². The van der Waals surface area contributed by atoms with Crippen LogP contribution in [0.15, 0.2) is 54.6 Å². The molecule has 0 atom stereocenters. The molecule has 0 spiro atoms. The molecule has 0 aliphatic heterocycles. The van der Waals surface area contributed by atoms with E-state index in [1.54, 1.807) is 11.8 Å². The van der Waals surface area contributed by atoms with E-state index in [2.05, 4.69) is 34.9 Å². The summed E-state index contributed by atoms with van der Waals surface area (Å²) in [5, 5.41) is 0. The molecular formula is C20H23N3O. The number of imidazole rings is 1. The van der Waals surface area contributed by atoms with Gasteiger partial charge in [0.05, 0.1) is 17.6 Å². The molecule has 2 aromatic carbocycles. The predicted octanol–water partition coefficient (Wildman–Crippen LogP) is 3.65. The monoisotopic (exact) mass is 321 g/mol. The Balaban J connectivity index is 1.80. The highest BCUT2D eigenvalue weighted by Gasteiger charge is 2.13. The second kappa shape index (κ2) is 7.30. The molecule has 1 heterocycles. The zero-order valence-corrected chi connectivity index (χ0v) is 14.3. The molecule has 0 aliphatic carbocycles. The minimum absolute atomic E-state index is 0.0536. The Bertz CT molecular complexity index is 823. The quantitative estimate of drug-likeness (QED) is 0.695. The summed E-state index contributed by atoms with van der Waals surface area (Å²) in [4.78, 5) is 18.0. The zero-order chi connectivity index (χ0) is 16.9. The van der Waals surface area contributed by atoms with Crippen molar-refractivity contribution in [3.05, 3.63) is 66.0 Å². The van der Waals surface area contributed by atoms with Crippen LogP contribution in [0.25, 0.3) is 11.0 Å². The van der Waals surface area contributed by atoms with Gasteiger partial charge in [-0.3, -0.25) is 4.79 Å². The molecule has 1 amide bonds. The number of carbonyl (C=O) groups excluding carboxylic acids is 1. The molecule has 3 aromatic rings. The average molecular weight is 321 g/mol. The Labute approximate surface area is 142 Å². The smallest absolute Gasteiger partial charge is 0.219 e. The van der Waals surface area contributed by atoms with Gasteiger partial charge in [-0.15, -0.1) is 0 Å². The summed E-state index contributed by atoms with van der Waals surface area (Å²) in [6.45, 7) is 3.02. The van der Waals surface area contributed by atoms with Crippen LogP contribution in [-0.2, 0) is 24.3 Å². The van der Waals surface area contributed by atoms with Crippen molar-refractivity contribution in [3.63, 3.8) is 0 Å². The molecule has 0 saturated heterocycles. The second-order valence-electron chi connectivity index (χ2n) is 6.13. The summed E-state index contributed by atoms with van der Waals surface area (Å²) < 4.78 is 2.25. The van der Waals surface area contributed by atoms with Crippen LogP contribution in [0.3, 0.4) is 0 Å². The number of carbonyl (C=O) groups is 1. The van der Waals surface area contributed by atoms with Crippen molar-refractivity contribution in [1.82, 2.24) is 14.5 Å². The molecule has 0 unspecified atom stereocenters. The van der Waals surface area contributed by atoms with Crippen molar-refractivity contribution in [2.24, 2.45) is 0 Å². The van der Waals surface area contributed by atoms with Gasteiger partial charge in [-0.1, -0.05) is 42.5 Å². The molecule has 0 radical (unpaired) electrons. The maximum Gasteiger partial charge on any atom is 0.219 e. The molecule has 0 aliphatic rings. The maximum absolute atomic E-state index is 11.6. The minimum atomic E-state index is 0.0536. The van der Waals surface area contributed by atoms with E-state index in [1.165, 1.54) is 5.56 Å². The summed E-state index contributed by atoms with van der Waals surface area (Å²) in [6, 6.07) is 18.7. The number of rotatable bonds is 6. The topological polar surface area (TPSA) is 38.1 Å². The van der Waals surface area contributed by atoms with Gasteiger partial charge in [-0.05, 0) is 30.5 Å². The number of nitrogens with zero attached hydrogens (tertiary/aromatic N) is 3. The first kappa shape index (κ1) is 16.2. The van der Waals surface area contributed by atoms with Gasteiger partial charge in [0.2, 0.25) is 5.91 Å². The zero-order valence-electron chi connectivity index (χ0n) is 14.3. The lowest BCUT2D eigenvalue weighted by Crippen LogP contribution is -2.25.